The summed E-state index contributed by atoms with van der Waals surface area (Å²) in [7, 11) is 1.64. The van der Waals surface area contributed by atoms with Gasteiger partial charge in [-0.15, -0.1) is 0 Å². The van der Waals surface area contributed by atoms with E-state index >= 15 is 0 Å². The van der Waals surface area contributed by atoms with Gasteiger partial charge in [0.15, 0.2) is 6.61 Å². The minimum Gasteiger partial charge on any atom is -0.497 e. The fourth-order valence-corrected chi connectivity index (χ4v) is 4.00. The number of rotatable bonds is 6. The van der Waals surface area contributed by atoms with E-state index in [9.17, 15) is 4.79 Å². The maximum Gasteiger partial charge on any atom is 0.261 e. The van der Waals surface area contributed by atoms with E-state index in [1.165, 1.54) is 12.8 Å². The van der Waals surface area contributed by atoms with Crippen LogP contribution in [0, 0.1) is 6.92 Å². The van der Waals surface area contributed by atoms with Crippen LogP contribution in [0.2, 0.25) is 0 Å². The van der Waals surface area contributed by atoms with Crippen LogP contribution in [-0.4, -0.2) is 41.6 Å². The van der Waals surface area contributed by atoms with E-state index < -0.39 is 0 Å². The van der Waals surface area contributed by atoms with Crippen LogP contribution >= 0.6 is 0 Å². The Kier molecular flexibility index (Phi) is 4.70. The number of ether oxygens (including phenoxy) is 2. The molecule has 4 rings (SSSR count). The molecule has 1 heterocycles. The summed E-state index contributed by atoms with van der Waals surface area (Å²) in [6.45, 7) is 2.02. The summed E-state index contributed by atoms with van der Waals surface area (Å²) in [5.41, 5.74) is 1.73. The SMILES string of the molecule is COc1ccc2nc(C)cc(OCC(=O)N(C3CCCC3)C3CC3)c2c1. The van der Waals surface area contributed by atoms with Crippen LogP contribution in [0.1, 0.15) is 44.2 Å². The number of benzene rings is 1. The predicted octanol–water partition coefficient (Wildman–Crippen LogP) is 3.86. The molecule has 5 nitrogen and oxygen atoms in total. The van der Waals surface area contributed by atoms with Crippen molar-refractivity contribution in [2.75, 3.05) is 13.7 Å². The van der Waals surface area contributed by atoms with Crippen LogP contribution in [0.3, 0.4) is 0 Å². The Bertz CT molecular complexity index is 810. The highest BCUT2D eigenvalue weighted by atomic mass is 16.5. The lowest BCUT2D eigenvalue weighted by atomic mass is 10.1. The zero-order chi connectivity index (χ0) is 18.1. The van der Waals surface area contributed by atoms with Gasteiger partial charge in [-0.3, -0.25) is 9.78 Å². The summed E-state index contributed by atoms with van der Waals surface area (Å²) < 4.78 is 11.3. The molecule has 0 atom stereocenters. The van der Waals surface area contributed by atoms with Crippen LogP contribution in [0.25, 0.3) is 10.9 Å². The maximum atomic E-state index is 12.9. The van der Waals surface area contributed by atoms with Crippen LogP contribution < -0.4 is 9.47 Å². The van der Waals surface area contributed by atoms with E-state index in [0.717, 1.165) is 48.0 Å². The maximum absolute atomic E-state index is 12.9. The first-order valence-corrected chi connectivity index (χ1v) is 9.55. The zero-order valence-electron chi connectivity index (χ0n) is 15.5. The number of fused-ring (bicyclic) bond motifs is 1. The van der Waals surface area contributed by atoms with Crippen molar-refractivity contribution in [2.45, 2.75) is 57.5 Å². The summed E-state index contributed by atoms with van der Waals surface area (Å²) in [5, 5.41) is 0.876. The quantitative estimate of drug-likeness (QED) is 0.790. The van der Waals surface area contributed by atoms with Crippen molar-refractivity contribution in [3.8, 4) is 11.5 Å². The van der Waals surface area contributed by atoms with Crippen molar-refractivity contribution in [2.24, 2.45) is 0 Å². The van der Waals surface area contributed by atoms with E-state index in [1.54, 1.807) is 7.11 Å². The van der Waals surface area contributed by atoms with Crippen LogP contribution in [0.4, 0.5) is 0 Å². The fraction of sp³-hybridized carbons (Fsp3) is 0.524. The summed E-state index contributed by atoms with van der Waals surface area (Å²) in [5.74, 6) is 1.57. The second kappa shape index (κ2) is 7.14. The van der Waals surface area contributed by atoms with Crippen molar-refractivity contribution >= 4 is 16.8 Å². The number of pyridine rings is 1. The second-order valence-corrected chi connectivity index (χ2v) is 7.40. The minimum absolute atomic E-state index is 0.0861. The number of hydrogen-bond acceptors (Lipinski definition) is 4. The summed E-state index contributed by atoms with van der Waals surface area (Å²) in [6.07, 6.45) is 7.01. The standard InChI is InChI=1S/C21H26N2O3/c1-14-11-20(18-12-17(25-2)9-10-19(18)22-14)26-13-21(24)23(16-7-8-16)15-5-3-4-6-15/h9-12,15-16H,3-8,13H2,1-2H3. The van der Waals surface area contributed by atoms with Crippen molar-refractivity contribution in [1.29, 1.82) is 0 Å². The molecule has 0 radical (unpaired) electrons. The molecule has 0 unspecified atom stereocenters. The highest BCUT2D eigenvalue weighted by Gasteiger charge is 2.38. The van der Waals surface area contributed by atoms with E-state index in [2.05, 4.69) is 9.88 Å². The van der Waals surface area contributed by atoms with Gasteiger partial charge in [0.05, 0.1) is 12.6 Å². The third-order valence-electron chi connectivity index (χ3n) is 5.40. The Hall–Kier alpha value is -2.30. The van der Waals surface area contributed by atoms with E-state index in [1.807, 2.05) is 31.2 Å². The Morgan fingerprint density at radius 2 is 1.88 bits per heavy atom. The fourth-order valence-electron chi connectivity index (χ4n) is 4.00. The van der Waals surface area contributed by atoms with Crippen molar-refractivity contribution in [3.05, 3.63) is 30.0 Å². The third kappa shape index (κ3) is 3.48. The number of carbonyl (C=O) groups is 1. The first-order valence-electron chi connectivity index (χ1n) is 9.55. The number of amides is 1. The van der Waals surface area contributed by atoms with Crippen LogP contribution in [-0.2, 0) is 4.79 Å². The average molecular weight is 354 g/mol. The van der Waals surface area contributed by atoms with Crippen molar-refractivity contribution in [3.63, 3.8) is 0 Å². The van der Waals surface area contributed by atoms with Crippen molar-refractivity contribution in [1.82, 2.24) is 9.88 Å². The number of aryl methyl sites for hydroxylation is 1. The molecule has 0 aliphatic heterocycles. The second-order valence-electron chi connectivity index (χ2n) is 7.40. The van der Waals surface area contributed by atoms with E-state index in [4.69, 9.17) is 9.47 Å². The van der Waals surface area contributed by atoms with Gasteiger partial charge in [0.1, 0.15) is 11.5 Å². The molecular weight excluding hydrogens is 328 g/mol. The summed E-state index contributed by atoms with van der Waals surface area (Å²) in [4.78, 5) is 19.5. The lowest BCUT2D eigenvalue weighted by molar-refractivity contribution is -0.136. The predicted molar refractivity (Wildman–Crippen MR) is 101 cm³/mol. The number of nitrogens with zero attached hydrogens (tertiary/aromatic N) is 2. The molecule has 26 heavy (non-hydrogen) atoms. The van der Waals surface area contributed by atoms with Gasteiger partial charge in [-0.1, -0.05) is 12.8 Å². The Morgan fingerprint density at radius 3 is 2.58 bits per heavy atom. The Balaban J connectivity index is 1.54. The van der Waals surface area contributed by atoms with Gasteiger partial charge in [-0.05, 0) is 50.8 Å². The first-order chi connectivity index (χ1) is 12.7. The van der Waals surface area contributed by atoms with E-state index in [0.29, 0.717) is 17.8 Å². The summed E-state index contributed by atoms with van der Waals surface area (Å²) in [6, 6.07) is 8.46. The molecule has 2 aromatic rings. The molecular formula is C21H26N2O3. The molecule has 2 aliphatic rings. The van der Waals surface area contributed by atoms with Gasteiger partial charge < -0.3 is 14.4 Å². The molecule has 5 heteroatoms. The number of hydrogen-bond donors (Lipinski definition) is 0. The van der Waals surface area contributed by atoms with Gasteiger partial charge in [-0.25, -0.2) is 0 Å². The summed E-state index contributed by atoms with van der Waals surface area (Å²) >= 11 is 0. The van der Waals surface area contributed by atoms with Gasteiger partial charge in [0.2, 0.25) is 0 Å². The Labute approximate surface area is 154 Å². The smallest absolute Gasteiger partial charge is 0.261 e. The number of carbonyl (C=O) groups excluding carboxylic acids is 1. The lowest BCUT2D eigenvalue weighted by Crippen LogP contribution is -2.43. The molecule has 0 saturated heterocycles. The van der Waals surface area contributed by atoms with E-state index in [-0.39, 0.29) is 12.5 Å². The average Bonchev–Trinajstić information content (AvgIpc) is 3.33. The molecule has 0 spiro atoms. The molecule has 0 bridgehead atoms. The molecule has 0 N–H and O–H groups in total. The van der Waals surface area contributed by atoms with Crippen LogP contribution in [0.5, 0.6) is 11.5 Å². The van der Waals surface area contributed by atoms with Gasteiger partial charge in [-0.2, -0.15) is 0 Å². The number of methoxy groups -OCH3 is 1. The Morgan fingerprint density at radius 1 is 1.15 bits per heavy atom. The monoisotopic (exact) mass is 354 g/mol. The molecule has 2 aliphatic carbocycles. The zero-order valence-corrected chi connectivity index (χ0v) is 15.5. The molecule has 1 aromatic carbocycles. The first kappa shape index (κ1) is 17.1. The molecule has 138 valence electrons. The van der Waals surface area contributed by atoms with Gasteiger partial charge in [0.25, 0.3) is 5.91 Å². The minimum atomic E-state index is 0.0861. The van der Waals surface area contributed by atoms with Gasteiger partial charge in [0, 0.05) is 29.2 Å². The van der Waals surface area contributed by atoms with Crippen LogP contribution in [0.15, 0.2) is 24.3 Å². The van der Waals surface area contributed by atoms with Gasteiger partial charge >= 0.3 is 0 Å². The highest BCUT2D eigenvalue weighted by Crippen LogP contribution is 2.35. The van der Waals surface area contributed by atoms with Crippen molar-refractivity contribution < 1.29 is 14.3 Å². The molecule has 1 amide bonds. The largest absolute Gasteiger partial charge is 0.497 e. The highest BCUT2D eigenvalue weighted by molar-refractivity contribution is 5.87. The number of aromatic nitrogens is 1. The molecule has 2 fully saturated rings. The lowest BCUT2D eigenvalue weighted by Gasteiger charge is -2.29. The topological polar surface area (TPSA) is 51.7 Å². The third-order valence-corrected chi connectivity index (χ3v) is 5.40. The normalized spacial score (nSPS) is 17.5. The molecule has 1 aromatic heterocycles. The molecule has 2 saturated carbocycles.